The van der Waals surface area contributed by atoms with E-state index in [1.165, 1.54) is 22.3 Å². The molecule has 0 unspecified atom stereocenters. The first-order chi connectivity index (χ1) is 15.1. The molecule has 0 fully saturated rings. The molecule has 2 aromatic carbocycles. The van der Waals surface area contributed by atoms with E-state index in [2.05, 4.69) is 10.4 Å². The van der Waals surface area contributed by atoms with Crippen molar-refractivity contribution in [2.45, 2.75) is 26.7 Å². The molecule has 2 heterocycles. The molecule has 0 spiro atoms. The molecular weight excluding hydrogens is 410 g/mol. The average Bonchev–Trinajstić information content (AvgIpc) is 3.13. The van der Waals surface area contributed by atoms with Crippen molar-refractivity contribution in [3.05, 3.63) is 81.7 Å². The monoisotopic (exact) mass is 433 g/mol. The predicted molar refractivity (Wildman–Crippen MR) is 124 cm³/mol. The van der Waals surface area contributed by atoms with Crippen LogP contribution in [0.5, 0.6) is 5.75 Å². The summed E-state index contributed by atoms with van der Waals surface area (Å²) in [6, 6.07) is 17.4. The Morgan fingerprint density at radius 1 is 1.13 bits per heavy atom. The fraction of sp³-hybridized carbons (Fsp3) is 0.208. The van der Waals surface area contributed by atoms with Crippen molar-refractivity contribution < 1.29 is 9.53 Å². The lowest BCUT2D eigenvalue weighted by Gasteiger charge is -2.09. The number of carbonyl (C=O) groups is 1. The van der Waals surface area contributed by atoms with Crippen LogP contribution in [0.1, 0.15) is 23.8 Å². The maximum absolute atomic E-state index is 13.1. The highest BCUT2D eigenvalue weighted by Gasteiger charge is 2.17. The van der Waals surface area contributed by atoms with Gasteiger partial charge in [-0.2, -0.15) is 0 Å². The Labute approximate surface area is 184 Å². The third-order valence-corrected chi connectivity index (χ3v) is 5.98. The van der Waals surface area contributed by atoms with Crippen LogP contribution in [0.15, 0.2) is 65.7 Å². The lowest BCUT2D eigenvalue weighted by molar-refractivity contribution is -0.117. The minimum Gasteiger partial charge on any atom is -0.494 e. The van der Waals surface area contributed by atoms with Gasteiger partial charge < -0.3 is 4.74 Å². The van der Waals surface area contributed by atoms with Crippen molar-refractivity contribution in [1.82, 2.24) is 9.66 Å². The van der Waals surface area contributed by atoms with Crippen molar-refractivity contribution in [1.29, 1.82) is 0 Å². The number of nitrogens with zero attached hydrogens (tertiary/aromatic N) is 2. The van der Waals surface area contributed by atoms with Gasteiger partial charge in [0.2, 0.25) is 5.91 Å². The quantitative estimate of drug-likeness (QED) is 0.465. The van der Waals surface area contributed by atoms with Gasteiger partial charge in [-0.25, -0.2) is 9.66 Å². The Hall–Kier alpha value is -3.45. The summed E-state index contributed by atoms with van der Waals surface area (Å²) in [5.41, 5.74) is 5.26. The third-order valence-electron chi connectivity index (χ3n) is 4.97. The van der Waals surface area contributed by atoms with E-state index in [4.69, 9.17) is 4.74 Å². The second kappa shape index (κ2) is 9.14. The Kier molecular flexibility index (Phi) is 6.13. The van der Waals surface area contributed by atoms with Crippen molar-refractivity contribution in [3.8, 4) is 16.9 Å². The van der Waals surface area contributed by atoms with Crippen molar-refractivity contribution in [2.75, 3.05) is 12.0 Å². The van der Waals surface area contributed by atoms with Crippen molar-refractivity contribution >= 4 is 27.5 Å². The summed E-state index contributed by atoms with van der Waals surface area (Å²) in [4.78, 5) is 31.7. The van der Waals surface area contributed by atoms with Crippen molar-refractivity contribution in [3.63, 3.8) is 0 Å². The number of aromatic nitrogens is 2. The van der Waals surface area contributed by atoms with Crippen LogP contribution in [-0.4, -0.2) is 22.2 Å². The number of aryl methyl sites for hydroxylation is 2. The predicted octanol–water partition coefficient (Wildman–Crippen LogP) is 4.54. The maximum atomic E-state index is 13.1. The van der Waals surface area contributed by atoms with Gasteiger partial charge in [0.05, 0.1) is 12.0 Å². The number of fused-ring (bicyclic) bond motifs is 1. The number of thiophene rings is 1. The zero-order valence-electron chi connectivity index (χ0n) is 17.4. The summed E-state index contributed by atoms with van der Waals surface area (Å²) in [5, 5.41) is 0.531. The number of hydrogen-bond acceptors (Lipinski definition) is 5. The van der Waals surface area contributed by atoms with E-state index in [9.17, 15) is 9.59 Å². The molecule has 0 radical (unpaired) electrons. The zero-order valence-corrected chi connectivity index (χ0v) is 18.2. The van der Waals surface area contributed by atoms with Crippen LogP contribution >= 0.6 is 11.3 Å². The number of hydrogen-bond donors (Lipinski definition) is 1. The molecule has 158 valence electrons. The maximum Gasteiger partial charge on any atom is 0.281 e. The first kappa shape index (κ1) is 20.8. The van der Waals surface area contributed by atoms with Gasteiger partial charge in [0, 0.05) is 16.9 Å². The first-order valence-corrected chi connectivity index (χ1v) is 11.0. The fourth-order valence-corrected chi connectivity index (χ4v) is 4.50. The number of benzene rings is 2. The number of carbonyl (C=O) groups excluding carboxylic acids is 1. The van der Waals surface area contributed by atoms with Gasteiger partial charge in [0.15, 0.2) is 0 Å². The smallest absolute Gasteiger partial charge is 0.281 e. The van der Waals surface area contributed by atoms with Gasteiger partial charge in [-0.1, -0.05) is 42.5 Å². The highest BCUT2D eigenvalue weighted by atomic mass is 32.1. The van der Waals surface area contributed by atoms with Crippen LogP contribution in [-0.2, 0) is 11.2 Å². The van der Waals surface area contributed by atoms with E-state index in [1.807, 2.05) is 68.4 Å². The number of amides is 1. The molecule has 4 aromatic rings. The van der Waals surface area contributed by atoms with Crippen LogP contribution in [0.3, 0.4) is 0 Å². The SMILES string of the molecule is CCOc1ccc(CCC(=O)Nn2cnc3sc(C)c(-c4ccccc4)c3c2=O)cc1. The van der Waals surface area contributed by atoms with Crippen LogP contribution in [0, 0.1) is 6.92 Å². The molecule has 0 saturated carbocycles. The molecule has 0 aliphatic rings. The topological polar surface area (TPSA) is 73.2 Å². The minimum atomic E-state index is -0.275. The van der Waals surface area contributed by atoms with Crippen molar-refractivity contribution in [2.24, 2.45) is 0 Å². The normalized spacial score (nSPS) is 10.9. The van der Waals surface area contributed by atoms with Gasteiger partial charge in [-0.3, -0.25) is 15.0 Å². The van der Waals surface area contributed by atoms with E-state index < -0.39 is 0 Å². The van der Waals surface area contributed by atoms with Crippen LogP contribution < -0.4 is 15.7 Å². The zero-order chi connectivity index (χ0) is 21.8. The van der Waals surface area contributed by atoms with E-state index in [0.29, 0.717) is 23.2 Å². The Balaban J connectivity index is 1.52. The highest BCUT2D eigenvalue weighted by molar-refractivity contribution is 7.19. The molecule has 31 heavy (non-hydrogen) atoms. The highest BCUT2D eigenvalue weighted by Crippen LogP contribution is 2.35. The second-order valence-corrected chi connectivity index (χ2v) is 8.31. The Bertz CT molecular complexity index is 1260. The molecule has 0 aliphatic heterocycles. The number of ether oxygens (including phenoxy) is 1. The molecule has 0 bridgehead atoms. The number of rotatable bonds is 7. The molecule has 0 saturated heterocycles. The Morgan fingerprint density at radius 3 is 2.58 bits per heavy atom. The summed E-state index contributed by atoms with van der Waals surface area (Å²) in [7, 11) is 0. The lowest BCUT2D eigenvalue weighted by atomic mass is 10.0. The van der Waals surface area contributed by atoms with Crippen LogP contribution in [0.2, 0.25) is 0 Å². The van der Waals surface area contributed by atoms with Gasteiger partial charge >= 0.3 is 0 Å². The summed E-state index contributed by atoms with van der Waals surface area (Å²) >= 11 is 1.48. The van der Waals surface area contributed by atoms with E-state index in [1.54, 1.807) is 0 Å². The molecule has 0 aliphatic carbocycles. The molecule has 7 heteroatoms. The summed E-state index contributed by atoms with van der Waals surface area (Å²) in [5.74, 6) is 0.562. The van der Waals surface area contributed by atoms with Gasteiger partial charge in [-0.15, -0.1) is 11.3 Å². The van der Waals surface area contributed by atoms with E-state index in [0.717, 1.165) is 27.3 Å². The standard InChI is InChI=1S/C24H23N3O3S/c1-3-30-19-12-9-17(10-13-19)11-14-20(28)26-27-15-25-23-22(24(27)29)21(16(2)31-23)18-7-5-4-6-8-18/h4-10,12-13,15H,3,11,14H2,1-2H3,(H,26,28). The molecular formula is C24H23N3O3S. The number of nitrogens with one attached hydrogen (secondary N) is 1. The molecule has 4 rings (SSSR count). The van der Waals surface area contributed by atoms with Gasteiger partial charge in [0.25, 0.3) is 5.56 Å². The molecule has 1 N–H and O–H groups in total. The van der Waals surface area contributed by atoms with E-state index >= 15 is 0 Å². The molecule has 6 nitrogen and oxygen atoms in total. The van der Waals surface area contributed by atoms with Crippen LogP contribution in [0.25, 0.3) is 21.3 Å². The average molecular weight is 434 g/mol. The van der Waals surface area contributed by atoms with Gasteiger partial charge in [-0.05, 0) is 43.5 Å². The molecule has 1 amide bonds. The van der Waals surface area contributed by atoms with Crippen LogP contribution in [0.4, 0.5) is 0 Å². The summed E-state index contributed by atoms with van der Waals surface area (Å²) in [6.45, 7) is 4.53. The summed E-state index contributed by atoms with van der Waals surface area (Å²) < 4.78 is 6.62. The third kappa shape index (κ3) is 4.51. The summed E-state index contributed by atoms with van der Waals surface area (Å²) in [6.07, 6.45) is 2.20. The van der Waals surface area contributed by atoms with Gasteiger partial charge in [0.1, 0.15) is 16.9 Å². The fourth-order valence-electron chi connectivity index (χ4n) is 3.50. The lowest BCUT2D eigenvalue weighted by Crippen LogP contribution is -2.33. The largest absolute Gasteiger partial charge is 0.494 e. The molecule has 2 aromatic heterocycles. The van der Waals surface area contributed by atoms with E-state index in [-0.39, 0.29) is 17.9 Å². The minimum absolute atomic E-state index is 0.245. The molecule has 0 atom stereocenters. The first-order valence-electron chi connectivity index (χ1n) is 10.1. The Morgan fingerprint density at radius 2 is 1.87 bits per heavy atom. The second-order valence-electron chi connectivity index (χ2n) is 7.11.